The molecule has 0 atom stereocenters. The summed E-state index contributed by atoms with van der Waals surface area (Å²) in [6.45, 7) is 8.18. The summed E-state index contributed by atoms with van der Waals surface area (Å²) in [5.74, 6) is 1.02. The molecule has 6 nitrogen and oxygen atoms in total. The van der Waals surface area contributed by atoms with Crippen molar-refractivity contribution in [2.75, 3.05) is 5.75 Å². The summed E-state index contributed by atoms with van der Waals surface area (Å²) in [6, 6.07) is 16.4. The summed E-state index contributed by atoms with van der Waals surface area (Å²) in [4.78, 5) is 15.8. The number of fused-ring (bicyclic) bond motifs is 1. The number of nitrogens with zero attached hydrogens (tertiary/aromatic N) is 3. The molecule has 2 N–H and O–H groups in total. The van der Waals surface area contributed by atoms with E-state index in [1.165, 1.54) is 11.8 Å². The lowest BCUT2D eigenvalue weighted by Crippen LogP contribution is -2.43. The third kappa shape index (κ3) is 4.51. The molecule has 0 bridgehead atoms. The van der Waals surface area contributed by atoms with Crippen molar-refractivity contribution in [3.63, 3.8) is 0 Å². The van der Waals surface area contributed by atoms with Gasteiger partial charge in [-0.3, -0.25) is 9.36 Å². The number of para-hydroxylation sites is 1. The van der Waals surface area contributed by atoms with Crippen molar-refractivity contribution in [3.8, 4) is 17.1 Å². The third-order valence-electron chi connectivity index (χ3n) is 5.42. The number of rotatable bonds is 7. The number of hydrogen-bond acceptors (Lipinski definition) is 4. The van der Waals surface area contributed by atoms with Crippen LogP contribution in [0, 0.1) is 6.92 Å². The van der Waals surface area contributed by atoms with Gasteiger partial charge in [0.15, 0.2) is 11.0 Å². The summed E-state index contributed by atoms with van der Waals surface area (Å²) < 4.78 is 2.03. The molecule has 2 aromatic carbocycles. The monoisotopic (exact) mass is 433 g/mol. The molecule has 0 spiro atoms. The molecule has 0 aliphatic heterocycles. The first kappa shape index (κ1) is 21.2. The van der Waals surface area contributed by atoms with Crippen molar-refractivity contribution >= 4 is 28.6 Å². The van der Waals surface area contributed by atoms with E-state index < -0.39 is 0 Å². The molecule has 4 rings (SSSR count). The molecular formula is C24H27N5OS. The number of aromatic amines is 1. The normalized spacial score (nSPS) is 11.7. The fraction of sp³-hybridized carbons (Fsp3) is 0.292. The van der Waals surface area contributed by atoms with Crippen molar-refractivity contribution < 1.29 is 4.79 Å². The van der Waals surface area contributed by atoms with E-state index in [1.54, 1.807) is 0 Å². The van der Waals surface area contributed by atoms with Crippen molar-refractivity contribution in [2.24, 2.45) is 0 Å². The molecule has 0 aliphatic carbocycles. The molecule has 0 radical (unpaired) electrons. The van der Waals surface area contributed by atoms with Crippen LogP contribution in [0.4, 0.5) is 0 Å². The topological polar surface area (TPSA) is 75.6 Å². The Balaban J connectivity index is 1.72. The van der Waals surface area contributed by atoms with E-state index in [9.17, 15) is 4.79 Å². The second-order valence-electron chi connectivity index (χ2n) is 8.30. The number of thioether (sulfide) groups is 1. The van der Waals surface area contributed by atoms with Gasteiger partial charge in [0.05, 0.1) is 5.75 Å². The maximum Gasteiger partial charge on any atom is 0.230 e. The van der Waals surface area contributed by atoms with Gasteiger partial charge in [0, 0.05) is 33.9 Å². The molecular weight excluding hydrogens is 406 g/mol. The van der Waals surface area contributed by atoms with E-state index in [1.807, 2.05) is 54.9 Å². The predicted molar refractivity (Wildman–Crippen MR) is 127 cm³/mol. The molecule has 0 aliphatic rings. The smallest absolute Gasteiger partial charge is 0.230 e. The SMILES string of the molecule is CCC(C)(C)NC(=O)CSc1nnc(-c2c[nH]c3ccccc23)n1-c1cccc(C)c1. The van der Waals surface area contributed by atoms with Crippen LogP contribution < -0.4 is 5.32 Å². The van der Waals surface area contributed by atoms with E-state index in [0.717, 1.165) is 40.0 Å². The number of benzene rings is 2. The lowest BCUT2D eigenvalue weighted by Gasteiger charge is -2.24. The van der Waals surface area contributed by atoms with Crippen LogP contribution >= 0.6 is 11.8 Å². The van der Waals surface area contributed by atoms with Crippen LogP contribution in [0.15, 0.2) is 59.9 Å². The Morgan fingerprint density at radius 2 is 1.97 bits per heavy atom. The maximum absolute atomic E-state index is 12.5. The van der Waals surface area contributed by atoms with E-state index >= 15 is 0 Å². The molecule has 1 amide bonds. The van der Waals surface area contributed by atoms with Crippen molar-refractivity contribution in [3.05, 3.63) is 60.3 Å². The van der Waals surface area contributed by atoms with Gasteiger partial charge in [-0.15, -0.1) is 10.2 Å². The summed E-state index contributed by atoms with van der Waals surface area (Å²) >= 11 is 1.40. The van der Waals surface area contributed by atoms with Crippen LogP contribution in [0.5, 0.6) is 0 Å². The molecule has 2 aromatic heterocycles. The van der Waals surface area contributed by atoms with Crippen molar-refractivity contribution in [2.45, 2.75) is 44.8 Å². The molecule has 0 fully saturated rings. The van der Waals surface area contributed by atoms with Gasteiger partial charge >= 0.3 is 0 Å². The minimum absolute atomic E-state index is 0.00992. The Bertz CT molecular complexity index is 1220. The maximum atomic E-state index is 12.5. The van der Waals surface area contributed by atoms with Crippen LogP contribution in [-0.2, 0) is 4.79 Å². The molecule has 4 aromatic rings. The number of carbonyl (C=O) groups excluding carboxylic acids is 1. The average molecular weight is 434 g/mol. The number of nitrogens with one attached hydrogen (secondary N) is 2. The lowest BCUT2D eigenvalue weighted by atomic mass is 10.0. The van der Waals surface area contributed by atoms with Gasteiger partial charge in [-0.2, -0.15) is 0 Å². The Kier molecular flexibility index (Phi) is 5.87. The highest BCUT2D eigenvalue weighted by Crippen LogP contribution is 2.32. The summed E-state index contributed by atoms with van der Waals surface area (Å²) in [5, 5.41) is 13.8. The first-order chi connectivity index (χ1) is 14.9. The first-order valence-corrected chi connectivity index (χ1v) is 11.4. The Hall–Kier alpha value is -3.06. The fourth-order valence-electron chi connectivity index (χ4n) is 3.43. The highest BCUT2D eigenvalue weighted by molar-refractivity contribution is 7.99. The zero-order valence-electron chi connectivity index (χ0n) is 18.3. The van der Waals surface area contributed by atoms with E-state index in [0.29, 0.717) is 5.16 Å². The number of amides is 1. The van der Waals surface area contributed by atoms with Gasteiger partial charge in [0.25, 0.3) is 0 Å². The summed E-state index contributed by atoms with van der Waals surface area (Å²) in [5.41, 5.74) is 3.92. The molecule has 2 heterocycles. The summed E-state index contributed by atoms with van der Waals surface area (Å²) in [6.07, 6.45) is 2.83. The molecule has 0 unspecified atom stereocenters. The number of H-pyrrole nitrogens is 1. The van der Waals surface area contributed by atoms with Crippen molar-refractivity contribution in [1.29, 1.82) is 0 Å². The number of carbonyl (C=O) groups is 1. The zero-order valence-corrected chi connectivity index (χ0v) is 19.1. The van der Waals surface area contributed by atoms with E-state index in [4.69, 9.17) is 0 Å². The molecule has 31 heavy (non-hydrogen) atoms. The van der Waals surface area contributed by atoms with Crippen LogP contribution in [0.2, 0.25) is 0 Å². The Morgan fingerprint density at radius 1 is 1.16 bits per heavy atom. The van der Waals surface area contributed by atoms with Crippen LogP contribution in [0.3, 0.4) is 0 Å². The van der Waals surface area contributed by atoms with Gasteiger partial charge < -0.3 is 10.3 Å². The standard InChI is InChI=1S/C24H27N5OS/c1-5-24(3,4)26-21(30)15-31-23-28-27-22(29(23)17-10-8-9-16(2)13-17)19-14-25-20-12-7-6-11-18(19)20/h6-14,25H,5,15H2,1-4H3,(H,26,30). The third-order valence-corrected chi connectivity index (χ3v) is 6.35. The number of aryl methyl sites for hydroxylation is 1. The molecule has 0 saturated carbocycles. The van der Waals surface area contributed by atoms with Gasteiger partial charge in [-0.25, -0.2) is 0 Å². The first-order valence-electron chi connectivity index (χ1n) is 10.4. The zero-order chi connectivity index (χ0) is 22.0. The van der Waals surface area contributed by atoms with Crippen LogP contribution in [-0.4, -0.2) is 36.9 Å². The van der Waals surface area contributed by atoms with Crippen LogP contribution in [0.1, 0.15) is 32.8 Å². The molecule has 0 saturated heterocycles. The van der Waals surface area contributed by atoms with Gasteiger partial charge in [-0.05, 0) is 51.0 Å². The number of aromatic nitrogens is 4. The van der Waals surface area contributed by atoms with Gasteiger partial charge in [0.2, 0.25) is 5.91 Å². The Labute approximate surface area is 186 Å². The van der Waals surface area contributed by atoms with Gasteiger partial charge in [0.1, 0.15) is 0 Å². The predicted octanol–water partition coefficient (Wildman–Crippen LogP) is 5.12. The molecule has 7 heteroatoms. The largest absolute Gasteiger partial charge is 0.360 e. The highest BCUT2D eigenvalue weighted by atomic mass is 32.2. The fourth-order valence-corrected chi connectivity index (χ4v) is 4.18. The second kappa shape index (κ2) is 8.59. The average Bonchev–Trinajstić information content (AvgIpc) is 3.36. The highest BCUT2D eigenvalue weighted by Gasteiger charge is 2.22. The van der Waals surface area contributed by atoms with Crippen LogP contribution in [0.25, 0.3) is 28.0 Å². The van der Waals surface area contributed by atoms with Crippen molar-refractivity contribution in [1.82, 2.24) is 25.1 Å². The Morgan fingerprint density at radius 3 is 2.74 bits per heavy atom. The van der Waals surface area contributed by atoms with Gasteiger partial charge in [-0.1, -0.05) is 49.0 Å². The lowest BCUT2D eigenvalue weighted by molar-refractivity contribution is -0.120. The molecule has 160 valence electrons. The minimum Gasteiger partial charge on any atom is -0.360 e. The summed E-state index contributed by atoms with van der Waals surface area (Å²) in [7, 11) is 0. The quantitative estimate of drug-likeness (QED) is 0.397. The van der Waals surface area contributed by atoms with E-state index in [2.05, 4.69) is 52.5 Å². The number of hydrogen-bond donors (Lipinski definition) is 2. The minimum atomic E-state index is -0.225. The van der Waals surface area contributed by atoms with E-state index in [-0.39, 0.29) is 17.2 Å². The second-order valence-corrected chi connectivity index (χ2v) is 9.25.